The number of nitrogens with zero attached hydrogens (tertiary/aromatic N) is 3. The first kappa shape index (κ1) is 14.9. The van der Waals surface area contributed by atoms with Crippen molar-refractivity contribution in [3.8, 4) is 0 Å². The maximum atomic E-state index is 12.9. The SMILES string of the molecule is Cn1cc([C@@H]2CCCN2C(=O)C[C@@H]2C(=O)Nc3ccccc32)cn1. The smallest absolute Gasteiger partial charge is 0.232 e. The summed E-state index contributed by atoms with van der Waals surface area (Å²) in [7, 11) is 1.88. The molecule has 2 aromatic rings. The average Bonchev–Trinajstić information content (AvgIpc) is 3.27. The van der Waals surface area contributed by atoms with E-state index in [1.165, 1.54) is 0 Å². The number of amides is 2. The first-order chi connectivity index (χ1) is 11.6. The lowest BCUT2D eigenvalue weighted by molar-refractivity contribution is -0.134. The van der Waals surface area contributed by atoms with Crippen LogP contribution in [0.5, 0.6) is 0 Å². The van der Waals surface area contributed by atoms with Crippen LogP contribution >= 0.6 is 0 Å². The molecular weight excluding hydrogens is 304 g/mol. The molecule has 1 fully saturated rings. The number of anilines is 1. The van der Waals surface area contributed by atoms with E-state index in [9.17, 15) is 9.59 Å². The number of nitrogens with one attached hydrogen (secondary N) is 1. The molecule has 24 heavy (non-hydrogen) atoms. The van der Waals surface area contributed by atoms with Crippen molar-refractivity contribution >= 4 is 17.5 Å². The summed E-state index contributed by atoms with van der Waals surface area (Å²) in [5.74, 6) is -0.427. The predicted molar refractivity (Wildman–Crippen MR) is 89.3 cm³/mol. The second-order valence-corrected chi connectivity index (χ2v) is 6.53. The maximum Gasteiger partial charge on any atom is 0.232 e. The minimum atomic E-state index is -0.385. The van der Waals surface area contributed by atoms with Crippen LogP contribution in [0, 0.1) is 0 Å². The van der Waals surface area contributed by atoms with Gasteiger partial charge in [-0.15, -0.1) is 0 Å². The number of carbonyl (C=O) groups excluding carboxylic acids is 2. The van der Waals surface area contributed by atoms with Crippen molar-refractivity contribution < 1.29 is 9.59 Å². The zero-order valence-corrected chi connectivity index (χ0v) is 13.6. The van der Waals surface area contributed by atoms with Crippen LogP contribution in [-0.4, -0.2) is 33.0 Å². The molecule has 6 nitrogen and oxygen atoms in total. The largest absolute Gasteiger partial charge is 0.336 e. The van der Waals surface area contributed by atoms with Crippen LogP contribution < -0.4 is 5.32 Å². The molecule has 6 heteroatoms. The van der Waals surface area contributed by atoms with Crippen molar-refractivity contribution in [1.82, 2.24) is 14.7 Å². The van der Waals surface area contributed by atoms with E-state index in [0.29, 0.717) is 0 Å². The third-order valence-electron chi connectivity index (χ3n) is 4.97. The van der Waals surface area contributed by atoms with Gasteiger partial charge in [0.15, 0.2) is 0 Å². The topological polar surface area (TPSA) is 67.2 Å². The number of fused-ring (bicyclic) bond motifs is 1. The summed E-state index contributed by atoms with van der Waals surface area (Å²) >= 11 is 0. The number of aryl methyl sites for hydroxylation is 1. The van der Waals surface area contributed by atoms with Crippen LogP contribution in [0.1, 0.15) is 42.3 Å². The molecule has 1 aromatic heterocycles. The Bertz CT molecular complexity index is 798. The Labute approximate surface area is 140 Å². The minimum absolute atomic E-state index is 0.0400. The second-order valence-electron chi connectivity index (χ2n) is 6.53. The van der Waals surface area contributed by atoms with Gasteiger partial charge in [0.05, 0.1) is 18.2 Å². The summed E-state index contributed by atoms with van der Waals surface area (Å²) in [6.07, 6.45) is 5.95. The molecule has 124 valence electrons. The number of hydrogen-bond donors (Lipinski definition) is 1. The van der Waals surface area contributed by atoms with E-state index < -0.39 is 0 Å². The molecule has 2 amide bonds. The average molecular weight is 324 g/mol. The fourth-order valence-corrected chi connectivity index (χ4v) is 3.79. The highest BCUT2D eigenvalue weighted by molar-refractivity contribution is 6.04. The van der Waals surface area contributed by atoms with Crippen LogP contribution in [-0.2, 0) is 16.6 Å². The van der Waals surface area contributed by atoms with Crippen molar-refractivity contribution in [3.63, 3.8) is 0 Å². The fourth-order valence-electron chi connectivity index (χ4n) is 3.79. The van der Waals surface area contributed by atoms with Gasteiger partial charge < -0.3 is 10.2 Å². The van der Waals surface area contributed by atoms with Gasteiger partial charge in [-0.05, 0) is 24.5 Å². The zero-order valence-electron chi connectivity index (χ0n) is 13.6. The molecule has 4 rings (SSSR count). The number of hydrogen-bond acceptors (Lipinski definition) is 3. The second kappa shape index (κ2) is 5.78. The lowest BCUT2D eigenvalue weighted by Crippen LogP contribution is -2.32. The van der Waals surface area contributed by atoms with Crippen molar-refractivity contribution in [3.05, 3.63) is 47.8 Å². The summed E-state index contributed by atoms with van der Waals surface area (Å²) in [4.78, 5) is 27.0. The Morgan fingerprint density at radius 1 is 1.38 bits per heavy atom. The molecule has 0 unspecified atom stereocenters. The third kappa shape index (κ3) is 2.48. The van der Waals surface area contributed by atoms with E-state index in [0.717, 1.165) is 36.2 Å². The van der Waals surface area contributed by atoms with Crippen molar-refractivity contribution in [1.29, 1.82) is 0 Å². The first-order valence-electron chi connectivity index (χ1n) is 8.31. The molecule has 3 heterocycles. The quantitative estimate of drug-likeness (QED) is 0.941. The van der Waals surface area contributed by atoms with Crippen LogP contribution in [0.25, 0.3) is 0 Å². The Kier molecular flexibility index (Phi) is 3.59. The van der Waals surface area contributed by atoms with E-state index in [-0.39, 0.29) is 30.2 Å². The number of benzene rings is 1. The third-order valence-corrected chi connectivity index (χ3v) is 4.97. The lowest BCUT2D eigenvalue weighted by Gasteiger charge is -2.25. The van der Waals surface area contributed by atoms with Gasteiger partial charge in [0.2, 0.25) is 11.8 Å². The van der Waals surface area contributed by atoms with Gasteiger partial charge in [-0.2, -0.15) is 5.10 Å². The summed E-state index contributed by atoms with van der Waals surface area (Å²) in [6, 6.07) is 7.68. The molecule has 2 aliphatic rings. The molecule has 0 aliphatic carbocycles. The van der Waals surface area contributed by atoms with E-state index in [2.05, 4.69) is 10.4 Å². The highest BCUT2D eigenvalue weighted by Crippen LogP contribution is 2.37. The minimum Gasteiger partial charge on any atom is -0.336 e. The first-order valence-corrected chi connectivity index (χ1v) is 8.31. The fraction of sp³-hybridized carbons (Fsp3) is 0.389. The predicted octanol–water partition coefficient (Wildman–Crippen LogP) is 2.21. The Morgan fingerprint density at radius 2 is 2.21 bits per heavy atom. The van der Waals surface area contributed by atoms with Crippen LogP contribution in [0.3, 0.4) is 0 Å². The Morgan fingerprint density at radius 3 is 3.00 bits per heavy atom. The number of likely N-dealkylation sites (tertiary alicyclic amines) is 1. The van der Waals surface area contributed by atoms with Crippen molar-refractivity contribution in [2.45, 2.75) is 31.2 Å². The zero-order chi connectivity index (χ0) is 16.7. The normalized spacial score (nSPS) is 22.5. The van der Waals surface area contributed by atoms with Gasteiger partial charge in [0, 0.05) is 37.5 Å². The maximum absolute atomic E-state index is 12.9. The van der Waals surface area contributed by atoms with Gasteiger partial charge in [-0.3, -0.25) is 14.3 Å². The summed E-state index contributed by atoms with van der Waals surface area (Å²) in [5.41, 5.74) is 2.82. The molecule has 0 spiro atoms. The highest BCUT2D eigenvalue weighted by Gasteiger charge is 2.36. The molecule has 1 N–H and O–H groups in total. The van der Waals surface area contributed by atoms with Crippen molar-refractivity contribution in [2.24, 2.45) is 7.05 Å². The molecule has 2 aliphatic heterocycles. The molecule has 0 saturated carbocycles. The van der Waals surface area contributed by atoms with Crippen LogP contribution in [0.15, 0.2) is 36.7 Å². The van der Waals surface area contributed by atoms with E-state index in [1.54, 1.807) is 4.68 Å². The van der Waals surface area contributed by atoms with Gasteiger partial charge in [-0.25, -0.2) is 0 Å². The molecule has 0 radical (unpaired) electrons. The van der Waals surface area contributed by atoms with Crippen LogP contribution in [0.4, 0.5) is 5.69 Å². The van der Waals surface area contributed by atoms with Gasteiger partial charge in [-0.1, -0.05) is 18.2 Å². The summed E-state index contributed by atoms with van der Waals surface area (Å²) in [6.45, 7) is 0.744. The molecule has 1 saturated heterocycles. The van der Waals surface area contributed by atoms with E-state index in [4.69, 9.17) is 0 Å². The lowest BCUT2D eigenvalue weighted by atomic mass is 9.96. The number of aromatic nitrogens is 2. The van der Waals surface area contributed by atoms with Crippen molar-refractivity contribution in [2.75, 3.05) is 11.9 Å². The molecule has 0 bridgehead atoms. The van der Waals surface area contributed by atoms with Gasteiger partial charge >= 0.3 is 0 Å². The van der Waals surface area contributed by atoms with Crippen LogP contribution in [0.2, 0.25) is 0 Å². The highest BCUT2D eigenvalue weighted by atomic mass is 16.2. The number of rotatable bonds is 3. The molecular formula is C18H20N4O2. The monoisotopic (exact) mass is 324 g/mol. The Hall–Kier alpha value is -2.63. The molecule has 1 aromatic carbocycles. The van der Waals surface area contributed by atoms with Gasteiger partial charge in [0.1, 0.15) is 0 Å². The summed E-state index contributed by atoms with van der Waals surface area (Å²) in [5, 5.41) is 7.08. The molecule has 2 atom stereocenters. The number of carbonyl (C=O) groups is 2. The van der Waals surface area contributed by atoms with E-state index >= 15 is 0 Å². The summed E-state index contributed by atoms with van der Waals surface area (Å²) < 4.78 is 1.76. The standard InChI is InChI=1S/C18H20N4O2/c1-21-11-12(10-19-21)16-7-4-8-22(16)17(23)9-14-13-5-2-3-6-15(13)20-18(14)24/h2-3,5-6,10-11,14,16H,4,7-9H2,1H3,(H,20,24)/t14-,16-/m0/s1. The Balaban J connectivity index is 1.53. The van der Waals surface area contributed by atoms with Gasteiger partial charge in [0.25, 0.3) is 0 Å². The number of para-hydroxylation sites is 1. The van der Waals surface area contributed by atoms with E-state index in [1.807, 2.05) is 48.6 Å².